The molecule has 1 aromatic heterocycles. The average molecular weight is 692 g/mol. The van der Waals surface area contributed by atoms with E-state index in [0.29, 0.717) is 29.9 Å². The summed E-state index contributed by atoms with van der Waals surface area (Å²) in [5, 5.41) is 0.801. The molecule has 264 valence electrons. The van der Waals surface area contributed by atoms with Crippen LogP contribution in [0.1, 0.15) is 101 Å². The van der Waals surface area contributed by atoms with Gasteiger partial charge in [-0.05, 0) is 98.1 Å². The second-order valence-corrected chi connectivity index (χ2v) is 17.5. The first-order valence-electron chi connectivity index (χ1n) is 18.5. The van der Waals surface area contributed by atoms with Gasteiger partial charge in [0.15, 0.2) is 5.78 Å². The van der Waals surface area contributed by atoms with E-state index < -0.39 is 0 Å². The zero-order valence-electron chi connectivity index (χ0n) is 31.6. The Bertz CT molecular complexity index is 1770. The number of fused-ring (bicyclic) bond motifs is 1. The van der Waals surface area contributed by atoms with E-state index in [-0.39, 0.29) is 27.8 Å². The van der Waals surface area contributed by atoms with Crippen LogP contribution in [0, 0.1) is 17.8 Å². The molecule has 50 heavy (non-hydrogen) atoms. The monoisotopic (exact) mass is 691 g/mol. The van der Waals surface area contributed by atoms with Gasteiger partial charge in [0.1, 0.15) is 18.1 Å². The molecule has 1 aliphatic rings. The minimum Gasteiger partial charge on any atom is -0.492 e. The van der Waals surface area contributed by atoms with Crippen molar-refractivity contribution in [2.24, 2.45) is 10.8 Å². The maximum atomic E-state index is 14.2. The van der Waals surface area contributed by atoms with Gasteiger partial charge in [0, 0.05) is 32.6 Å². The molecule has 0 unspecified atom stereocenters. The number of aryl methyl sites for hydroxylation is 1. The zero-order chi connectivity index (χ0) is 36.1. The summed E-state index contributed by atoms with van der Waals surface area (Å²) in [4.78, 5) is 31.0. The normalized spacial score (nSPS) is 14.5. The lowest BCUT2D eigenvalue weighted by molar-refractivity contribution is -0.137. The van der Waals surface area contributed by atoms with Crippen molar-refractivity contribution in [1.29, 1.82) is 0 Å². The average Bonchev–Trinajstić information content (AvgIpc) is 3.43. The smallest absolute Gasteiger partial charge is 0.311 e. The van der Waals surface area contributed by atoms with Gasteiger partial charge in [0.25, 0.3) is 0 Å². The number of piperidine rings is 1. The van der Waals surface area contributed by atoms with E-state index in [2.05, 4.69) is 86.4 Å². The summed E-state index contributed by atoms with van der Waals surface area (Å²) < 4.78 is 12.9. The van der Waals surface area contributed by atoms with Gasteiger partial charge in [0.2, 0.25) is 0 Å². The van der Waals surface area contributed by atoms with Crippen molar-refractivity contribution < 1.29 is 19.1 Å². The predicted molar refractivity (Wildman–Crippen MR) is 215 cm³/mol. The number of carbonyl (C=O) groups excluding carboxylic acids is 2. The maximum Gasteiger partial charge on any atom is 0.311 e. The number of nitrogens with zero attached hydrogens (tertiary/aromatic N) is 1. The summed E-state index contributed by atoms with van der Waals surface area (Å²) in [5.74, 6) is 1.01. The highest BCUT2D eigenvalue weighted by Gasteiger charge is 2.42. The molecule has 2 heterocycles. The van der Waals surface area contributed by atoms with Crippen molar-refractivity contribution in [3.8, 4) is 21.9 Å². The Morgan fingerprint density at radius 1 is 0.880 bits per heavy atom. The van der Waals surface area contributed by atoms with E-state index in [0.717, 1.165) is 70.7 Å². The molecule has 0 N–H and O–H groups in total. The first-order chi connectivity index (χ1) is 23.7. The minimum absolute atomic E-state index is 0.0357. The van der Waals surface area contributed by atoms with Gasteiger partial charge in [-0.15, -0.1) is 11.3 Å². The van der Waals surface area contributed by atoms with Gasteiger partial charge in [-0.1, -0.05) is 88.9 Å². The number of rotatable bonds is 15. The number of thiophene rings is 1. The van der Waals surface area contributed by atoms with Crippen LogP contribution < -0.4 is 9.47 Å². The molecule has 0 radical (unpaired) electrons. The largest absolute Gasteiger partial charge is 0.492 e. The zero-order valence-corrected chi connectivity index (χ0v) is 32.4. The molecule has 0 saturated carbocycles. The molecule has 5 rings (SSSR count). The van der Waals surface area contributed by atoms with Crippen LogP contribution in [0.4, 0.5) is 0 Å². The number of carbonyl (C=O) groups is 2. The third kappa shape index (κ3) is 9.30. The number of hydrogen-bond donors (Lipinski definition) is 0. The van der Waals surface area contributed by atoms with Gasteiger partial charge in [-0.25, -0.2) is 0 Å². The molecule has 1 fully saturated rings. The highest BCUT2D eigenvalue weighted by Crippen LogP contribution is 2.51. The molecule has 8 heteroatoms. The number of likely N-dealkylation sites (tertiary alicyclic amines) is 1. The standard InChI is InChI=1S/C42H55B2NO4S/c1-7-21-40(3,4)28-42(43,44)41(5,6)27-36(46)49-33-19-20-34-35(26-33)50-39(31-13-11-29(2)12-14-31)37(34)38(47)30-15-17-32(18-16-30)48-25-24-45-22-9-8-10-23-45/h11-20,26H,7-10,21-25,27-28,43-44H2,1-6H3. The molecule has 0 spiro atoms. The van der Waals surface area contributed by atoms with Crippen molar-refractivity contribution >= 4 is 48.9 Å². The van der Waals surface area contributed by atoms with Crippen LogP contribution in [0.15, 0.2) is 66.7 Å². The second-order valence-electron chi connectivity index (χ2n) is 16.4. The van der Waals surface area contributed by atoms with Crippen molar-refractivity contribution in [3.05, 3.63) is 83.4 Å². The SMILES string of the molecule is BC(B)(CC(C)(C)CCC)C(C)(C)CC(=O)Oc1ccc2c(C(=O)c3ccc(OCCN4CCCCC4)cc3)c(-c3ccc(C)cc3)sc2c1. The molecule has 0 atom stereocenters. The molecule has 1 aliphatic heterocycles. The third-order valence-corrected chi connectivity index (χ3v) is 12.1. The van der Waals surface area contributed by atoms with Crippen LogP contribution in [0.2, 0.25) is 5.21 Å². The number of hydrogen-bond acceptors (Lipinski definition) is 6. The van der Waals surface area contributed by atoms with Gasteiger partial charge in [-0.3, -0.25) is 14.5 Å². The van der Waals surface area contributed by atoms with Crippen LogP contribution >= 0.6 is 11.3 Å². The van der Waals surface area contributed by atoms with Crippen LogP contribution in [0.5, 0.6) is 11.5 Å². The molecule has 3 aromatic carbocycles. The Morgan fingerprint density at radius 2 is 1.54 bits per heavy atom. The van der Waals surface area contributed by atoms with Gasteiger partial charge in [-0.2, -0.15) is 0 Å². The van der Waals surface area contributed by atoms with Gasteiger partial charge in [0.05, 0.1) is 22.1 Å². The van der Waals surface area contributed by atoms with E-state index in [9.17, 15) is 9.59 Å². The Labute approximate surface area is 306 Å². The Hall–Kier alpha value is -3.35. The molecular formula is C42H55B2NO4S. The lowest BCUT2D eigenvalue weighted by atomic mass is 9.38. The Morgan fingerprint density at radius 3 is 2.20 bits per heavy atom. The summed E-state index contributed by atoms with van der Waals surface area (Å²) >= 11 is 1.56. The van der Waals surface area contributed by atoms with Crippen LogP contribution in [0.25, 0.3) is 20.5 Å². The highest BCUT2D eigenvalue weighted by atomic mass is 32.1. The van der Waals surface area contributed by atoms with Crippen LogP contribution in [-0.2, 0) is 4.79 Å². The van der Waals surface area contributed by atoms with E-state index in [4.69, 9.17) is 9.47 Å². The van der Waals surface area contributed by atoms with Crippen molar-refractivity contribution in [3.63, 3.8) is 0 Å². The number of ether oxygens (including phenoxy) is 2. The molecule has 0 amide bonds. The summed E-state index contributed by atoms with van der Waals surface area (Å²) in [5.41, 5.74) is 3.39. The fourth-order valence-electron chi connectivity index (χ4n) is 7.57. The molecule has 0 aliphatic carbocycles. The highest BCUT2D eigenvalue weighted by molar-refractivity contribution is 7.22. The van der Waals surface area contributed by atoms with Gasteiger partial charge >= 0.3 is 5.97 Å². The number of ketones is 1. The van der Waals surface area contributed by atoms with Crippen LogP contribution in [-0.4, -0.2) is 58.6 Å². The molecule has 1 saturated heterocycles. The quantitative estimate of drug-likeness (QED) is 0.0540. The Balaban J connectivity index is 1.35. The first kappa shape index (κ1) is 37.9. The topological polar surface area (TPSA) is 55.8 Å². The summed E-state index contributed by atoms with van der Waals surface area (Å²) in [6.45, 7) is 17.2. The fraction of sp³-hybridized carbons (Fsp3) is 0.476. The first-order valence-corrected chi connectivity index (χ1v) is 19.3. The summed E-state index contributed by atoms with van der Waals surface area (Å²) in [6.07, 6.45) is 7.51. The number of benzene rings is 3. The molecule has 5 nitrogen and oxygen atoms in total. The van der Waals surface area contributed by atoms with Crippen molar-refractivity contribution in [2.75, 3.05) is 26.2 Å². The van der Waals surface area contributed by atoms with E-state index >= 15 is 0 Å². The lowest BCUT2D eigenvalue weighted by Crippen LogP contribution is -2.38. The van der Waals surface area contributed by atoms with Crippen molar-refractivity contribution in [1.82, 2.24) is 4.90 Å². The second kappa shape index (κ2) is 15.9. The predicted octanol–water partition coefficient (Wildman–Crippen LogP) is 8.89. The summed E-state index contributed by atoms with van der Waals surface area (Å²) in [7, 11) is 4.55. The molecular weight excluding hydrogens is 636 g/mol. The lowest BCUT2D eigenvalue weighted by Gasteiger charge is -2.46. The van der Waals surface area contributed by atoms with E-state index in [1.807, 2.05) is 42.5 Å². The maximum absolute atomic E-state index is 14.2. The third-order valence-electron chi connectivity index (χ3n) is 10.9. The minimum atomic E-state index is -0.256. The summed E-state index contributed by atoms with van der Waals surface area (Å²) in [6, 6.07) is 21.5. The van der Waals surface area contributed by atoms with Crippen LogP contribution in [0.3, 0.4) is 0 Å². The molecule has 0 bridgehead atoms. The number of esters is 1. The van der Waals surface area contributed by atoms with Gasteiger partial charge < -0.3 is 9.47 Å². The fourth-order valence-corrected chi connectivity index (χ4v) is 8.80. The van der Waals surface area contributed by atoms with E-state index in [1.54, 1.807) is 11.3 Å². The molecule has 4 aromatic rings. The van der Waals surface area contributed by atoms with E-state index in [1.165, 1.54) is 19.3 Å². The van der Waals surface area contributed by atoms with Crippen molar-refractivity contribution in [2.45, 2.75) is 91.7 Å². The Kier molecular flexibility index (Phi) is 12.1.